The Balaban J connectivity index is 1.41. The number of halogens is 2. The number of hydrogen-bond donors (Lipinski definition) is 3. The molecular weight excluding hydrogens is 546 g/mol. The Bertz CT molecular complexity index is 1520. The minimum absolute atomic E-state index is 0.00223. The van der Waals surface area contributed by atoms with Crippen molar-refractivity contribution in [3.05, 3.63) is 94.8 Å². The number of fused-ring (bicyclic) bond motifs is 1. The highest BCUT2D eigenvalue weighted by Crippen LogP contribution is 2.53. The molecule has 3 heterocycles. The molecule has 2 unspecified atom stereocenters. The minimum atomic E-state index is -3.47. The van der Waals surface area contributed by atoms with E-state index in [1.54, 1.807) is 68.4 Å². The molecule has 2 fully saturated rings. The van der Waals surface area contributed by atoms with Crippen LogP contribution in [0.1, 0.15) is 39.7 Å². The maximum atomic E-state index is 15.5. The number of aryl methyl sites for hydroxylation is 1. The molecule has 42 heavy (non-hydrogen) atoms. The van der Waals surface area contributed by atoms with E-state index >= 15 is 8.78 Å². The van der Waals surface area contributed by atoms with Crippen LogP contribution in [-0.4, -0.2) is 78.9 Å². The molecule has 3 amide bonds. The third-order valence-corrected chi connectivity index (χ3v) is 8.36. The SMILES string of the molecule is Cc1cc(O)c(C)c(C(=O)N[C@@H](Cc2ccccc2)[C@H](O)C(=O)N2CC(F)(F)C3(C)C2C(=O)N3Cc2ccccn2)c1. The molecule has 2 aliphatic rings. The Morgan fingerprint density at radius 2 is 1.81 bits per heavy atom. The van der Waals surface area contributed by atoms with E-state index in [0.29, 0.717) is 22.4 Å². The third kappa shape index (κ3) is 4.87. The first-order chi connectivity index (χ1) is 19.8. The van der Waals surface area contributed by atoms with Gasteiger partial charge in [0, 0.05) is 17.3 Å². The lowest BCUT2D eigenvalue weighted by atomic mass is 9.78. The summed E-state index contributed by atoms with van der Waals surface area (Å²) in [5.74, 6) is -5.97. The van der Waals surface area contributed by atoms with E-state index in [-0.39, 0.29) is 24.3 Å². The molecule has 0 spiro atoms. The number of carbonyl (C=O) groups is 3. The lowest BCUT2D eigenvalue weighted by molar-refractivity contribution is -0.193. The van der Waals surface area contributed by atoms with E-state index in [1.807, 2.05) is 0 Å². The predicted octanol–water partition coefficient (Wildman–Crippen LogP) is 2.75. The maximum Gasteiger partial charge on any atom is 0.290 e. The number of nitrogens with zero attached hydrogens (tertiary/aromatic N) is 3. The lowest BCUT2D eigenvalue weighted by Gasteiger charge is -2.54. The number of rotatable bonds is 8. The standard InChI is InChI=1S/C31H32F2N4O5/c1-18-13-22(19(2)24(38)14-18)27(40)35-23(15-20-9-5-4-6-10-20)25(39)28(41)36-17-31(32,33)30(3)26(36)29(42)37(30)16-21-11-7-8-12-34-21/h4-14,23,25-26,38-39H,15-17H2,1-3H3,(H,35,40)/t23-,25-,26?,30?/m0/s1. The van der Waals surface area contributed by atoms with Crippen molar-refractivity contribution in [2.24, 2.45) is 0 Å². The molecule has 5 rings (SSSR count). The Morgan fingerprint density at radius 3 is 2.48 bits per heavy atom. The van der Waals surface area contributed by atoms with Crippen molar-refractivity contribution in [3.63, 3.8) is 0 Å². The number of alkyl halides is 2. The number of pyridine rings is 1. The topological polar surface area (TPSA) is 123 Å². The molecule has 0 saturated carbocycles. The highest BCUT2D eigenvalue weighted by atomic mass is 19.3. The Kier molecular flexibility index (Phi) is 7.48. The smallest absolute Gasteiger partial charge is 0.290 e. The quantitative estimate of drug-likeness (QED) is 0.354. The second kappa shape index (κ2) is 10.8. The molecule has 3 N–H and O–H groups in total. The van der Waals surface area contributed by atoms with Gasteiger partial charge in [0.15, 0.2) is 6.10 Å². The molecule has 11 heteroatoms. The van der Waals surface area contributed by atoms with Crippen molar-refractivity contribution in [1.29, 1.82) is 0 Å². The molecule has 2 aromatic carbocycles. The number of β-lactam (4-membered cyclic amide) rings is 1. The van der Waals surface area contributed by atoms with Crippen LogP contribution >= 0.6 is 0 Å². The van der Waals surface area contributed by atoms with Gasteiger partial charge >= 0.3 is 0 Å². The summed E-state index contributed by atoms with van der Waals surface area (Å²) in [6, 6.07) is 14.1. The summed E-state index contributed by atoms with van der Waals surface area (Å²) in [7, 11) is 0. The number of amides is 3. The third-order valence-electron chi connectivity index (χ3n) is 8.36. The zero-order valence-corrected chi connectivity index (χ0v) is 23.4. The predicted molar refractivity (Wildman–Crippen MR) is 149 cm³/mol. The lowest BCUT2D eigenvalue weighted by Crippen LogP contribution is -2.78. The van der Waals surface area contributed by atoms with E-state index in [4.69, 9.17) is 0 Å². The number of hydrogen-bond acceptors (Lipinski definition) is 6. The number of aromatic nitrogens is 1. The van der Waals surface area contributed by atoms with Gasteiger partial charge in [-0.3, -0.25) is 19.4 Å². The first kappa shape index (κ1) is 29.1. The molecule has 4 atom stereocenters. The largest absolute Gasteiger partial charge is 0.508 e. The van der Waals surface area contributed by atoms with E-state index in [2.05, 4.69) is 10.3 Å². The van der Waals surface area contributed by atoms with Gasteiger partial charge in [-0.15, -0.1) is 0 Å². The fraction of sp³-hybridized carbons (Fsp3) is 0.355. The zero-order chi connectivity index (χ0) is 30.4. The molecule has 0 aliphatic carbocycles. The van der Waals surface area contributed by atoms with Gasteiger partial charge in [-0.1, -0.05) is 36.4 Å². The van der Waals surface area contributed by atoms with Gasteiger partial charge in [-0.2, -0.15) is 0 Å². The van der Waals surface area contributed by atoms with Crippen LogP contribution in [0.3, 0.4) is 0 Å². The zero-order valence-electron chi connectivity index (χ0n) is 23.4. The molecule has 2 saturated heterocycles. The van der Waals surface area contributed by atoms with E-state index in [0.717, 1.165) is 9.80 Å². The van der Waals surface area contributed by atoms with E-state index in [9.17, 15) is 24.6 Å². The molecule has 1 aromatic heterocycles. The summed E-state index contributed by atoms with van der Waals surface area (Å²) in [6.45, 7) is 3.28. The van der Waals surface area contributed by atoms with Crippen molar-refractivity contribution >= 4 is 17.7 Å². The van der Waals surface area contributed by atoms with Crippen molar-refractivity contribution in [2.75, 3.05) is 6.54 Å². The van der Waals surface area contributed by atoms with Crippen LogP contribution in [0.2, 0.25) is 0 Å². The van der Waals surface area contributed by atoms with Gasteiger partial charge in [0.2, 0.25) is 5.91 Å². The highest BCUT2D eigenvalue weighted by Gasteiger charge is 2.77. The number of nitrogens with one attached hydrogen (secondary N) is 1. The summed E-state index contributed by atoms with van der Waals surface area (Å²) in [5, 5.41) is 24.2. The summed E-state index contributed by atoms with van der Waals surface area (Å²) < 4.78 is 31.1. The monoisotopic (exact) mass is 578 g/mol. The first-order valence-electron chi connectivity index (χ1n) is 13.6. The van der Waals surface area contributed by atoms with E-state index < -0.39 is 53.9 Å². The van der Waals surface area contributed by atoms with Gasteiger partial charge in [0.05, 0.1) is 24.8 Å². The van der Waals surface area contributed by atoms with E-state index in [1.165, 1.54) is 19.2 Å². The van der Waals surface area contributed by atoms with Gasteiger partial charge in [-0.25, -0.2) is 8.78 Å². The fourth-order valence-corrected chi connectivity index (χ4v) is 5.87. The Hall–Kier alpha value is -4.38. The number of aromatic hydroxyl groups is 1. The van der Waals surface area contributed by atoms with Crippen LogP contribution in [0.4, 0.5) is 8.78 Å². The average Bonchev–Trinajstić information content (AvgIpc) is 3.16. The summed E-state index contributed by atoms with van der Waals surface area (Å²) in [4.78, 5) is 46.1. The minimum Gasteiger partial charge on any atom is -0.508 e. The van der Waals surface area contributed by atoms with Crippen LogP contribution in [0.5, 0.6) is 5.75 Å². The highest BCUT2D eigenvalue weighted by molar-refractivity contribution is 5.99. The van der Waals surface area contributed by atoms with Gasteiger partial charge in [0.25, 0.3) is 17.7 Å². The van der Waals surface area contributed by atoms with Crippen molar-refractivity contribution in [1.82, 2.24) is 20.1 Å². The van der Waals surface area contributed by atoms with Crippen molar-refractivity contribution in [2.45, 2.75) is 63.4 Å². The van der Waals surface area contributed by atoms with Crippen molar-refractivity contribution < 1.29 is 33.4 Å². The number of benzene rings is 2. The molecule has 0 radical (unpaired) electrons. The number of carbonyl (C=O) groups excluding carboxylic acids is 3. The van der Waals surface area contributed by atoms with Gasteiger partial charge < -0.3 is 25.3 Å². The summed E-state index contributed by atoms with van der Waals surface area (Å²) >= 11 is 0. The Labute approximate surface area is 241 Å². The number of likely N-dealkylation sites (tertiary alicyclic amines) is 2. The number of phenols is 1. The number of phenolic OH excluding ortho intramolecular Hbond substituents is 1. The van der Waals surface area contributed by atoms with Crippen LogP contribution in [0.25, 0.3) is 0 Å². The molecule has 0 bridgehead atoms. The van der Waals surface area contributed by atoms with Crippen LogP contribution in [0, 0.1) is 13.8 Å². The molecule has 2 aliphatic heterocycles. The Morgan fingerprint density at radius 1 is 1.12 bits per heavy atom. The second-order valence-electron chi connectivity index (χ2n) is 11.1. The van der Waals surface area contributed by atoms with Crippen LogP contribution < -0.4 is 5.32 Å². The fourth-order valence-electron chi connectivity index (χ4n) is 5.87. The molecule has 9 nitrogen and oxygen atoms in total. The maximum absolute atomic E-state index is 15.5. The summed E-state index contributed by atoms with van der Waals surface area (Å²) in [6.07, 6.45) is -0.440. The van der Waals surface area contributed by atoms with Crippen LogP contribution in [0.15, 0.2) is 66.9 Å². The van der Waals surface area contributed by atoms with Crippen LogP contribution in [-0.2, 0) is 22.6 Å². The number of aliphatic hydroxyl groups is 1. The summed E-state index contributed by atoms with van der Waals surface area (Å²) in [5.41, 5.74) is 0.179. The molecule has 3 aromatic rings. The molecular formula is C31H32F2N4O5. The number of aliphatic hydroxyl groups excluding tert-OH is 1. The van der Waals surface area contributed by atoms with Gasteiger partial charge in [0.1, 0.15) is 17.3 Å². The normalized spacial score (nSPS) is 22.2. The first-order valence-corrected chi connectivity index (χ1v) is 13.6. The van der Waals surface area contributed by atoms with Crippen molar-refractivity contribution in [3.8, 4) is 5.75 Å². The second-order valence-corrected chi connectivity index (χ2v) is 11.1. The average molecular weight is 579 g/mol. The molecule has 220 valence electrons. The van der Waals surface area contributed by atoms with Gasteiger partial charge in [-0.05, 0) is 62.6 Å².